The van der Waals surface area contributed by atoms with Crippen LogP contribution in [0.5, 0.6) is 5.75 Å². The van der Waals surface area contributed by atoms with Crippen molar-refractivity contribution in [3.8, 4) is 5.75 Å². The fourth-order valence-electron chi connectivity index (χ4n) is 7.49. The third kappa shape index (κ3) is 5.69. The summed E-state index contributed by atoms with van der Waals surface area (Å²) in [4.78, 5) is 48.9. The van der Waals surface area contributed by atoms with Crippen molar-refractivity contribution >= 4 is 39.3 Å². The highest BCUT2D eigenvalue weighted by Gasteiger charge is 2.77. The van der Waals surface area contributed by atoms with Crippen LogP contribution in [0, 0.1) is 11.8 Å². The molecular formula is C36H44BrN3O6. The first-order valence-corrected chi connectivity index (χ1v) is 16.7. The van der Waals surface area contributed by atoms with Crippen molar-refractivity contribution in [1.29, 1.82) is 0 Å². The van der Waals surface area contributed by atoms with E-state index in [1.165, 1.54) is 4.90 Å². The molecule has 0 saturated carbocycles. The lowest BCUT2D eigenvalue weighted by molar-refractivity contribution is -0.154. The highest BCUT2D eigenvalue weighted by molar-refractivity contribution is 9.09. The predicted molar refractivity (Wildman–Crippen MR) is 181 cm³/mol. The van der Waals surface area contributed by atoms with Gasteiger partial charge < -0.3 is 29.3 Å². The third-order valence-electron chi connectivity index (χ3n) is 9.36. The second-order valence-electron chi connectivity index (χ2n) is 13.1. The van der Waals surface area contributed by atoms with Gasteiger partial charge in [-0.3, -0.25) is 14.4 Å². The van der Waals surface area contributed by atoms with Crippen LogP contribution in [0.3, 0.4) is 0 Å². The van der Waals surface area contributed by atoms with Gasteiger partial charge in [0.25, 0.3) is 0 Å². The molecule has 2 aromatic carbocycles. The number of hydrogen-bond acceptors (Lipinski definition) is 6. The van der Waals surface area contributed by atoms with Crippen LogP contribution in [-0.4, -0.2) is 87.0 Å². The van der Waals surface area contributed by atoms with Crippen molar-refractivity contribution < 1.29 is 29.0 Å². The minimum atomic E-state index is -1.29. The second kappa shape index (κ2) is 13.3. The van der Waals surface area contributed by atoms with Crippen LogP contribution in [0.4, 0.5) is 5.69 Å². The summed E-state index contributed by atoms with van der Waals surface area (Å²) in [5, 5.41) is 10.8. The van der Waals surface area contributed by atoms with Crippen molar-refractivity contribution in [3.05, 3.63) is 85.5 Å². The van der Waals surface area contributed by atoms with Crippen LogP contribution in [-0.2, 0) is 19.1 Å². The van der Waals surface area contributed by atoms with E-state index in [-0.39, 0.29) is 35.6 Å². The summed E-state index contributed by atoms with van der Waals surface area (Å²) >= 11 is 3.78. The number of rotatable bonds is 12. The van der Waals surface area contributed by atoms with Gasteiger partial charge in [0.2, 0.25) is 17.7 Å². The summed E-state index contributed by atoms with van der Waals surface area (Å²) in [6.45, 7) is 16.0. The van der Waals surface area contributed by atoms with E-state index >= 15 is 0 Å². The molecule has 0 radical (unpaired) electrons. The quantitative estimate of drug-likeness (QED) is 0.251. The van der Waals surface area contributed by atoms with Gasteiger partial charge in [0, 0.05) is 29.1 Å². The molecule has 9 nitrogen and oxygen atoms in total. The number of alkyl halides is 1. The van der Waals surface area contributed by atoms with Crippen molar-refractivity contribution in [2.75, 3.05) is 31.2 Å². The lowest BCUT2D eigenvalue weighted by atomic mass is 9.70. The number of amides is 3. The Hall–Kier alpha value is -3.47. The fourth-order valence-corrected chi connectivity index (χ4v) is 8.43. The van der Waals surface area contributed by atoms with E-state index in [0.29, 0.717) is 30.0 Å². The van der Waals surface area contributed by atoms with E-state index in [1.807, 2.05) is 70.2 Å². The molecule has 3 unspecified atom stereocenters. The number of aliphatic hydroxyl groups is 1. The van der Waals surface area contributed by atoms with Crippen LogP contribution in [0.2, 0.25) is 0 Å². The predicted octanol–water partition coefficient (Wildman–Crippen LogP) is 4.90. The van der Waals surface area contributed by atoms with Crippen LogP contribution in [0.15, 0.2) is 79.9 Å². The third-order valence-corrected chi connectivity index (χ3v) is 10.2. The molecule has 3 aliphatic heterocycles. The molecule has 3 aliphatic rings. The number of aliphatic hydroxyl groups excluding tert-OH is 1. The van der Waals surface area contributed by atoms with Crippen LogP contribution < -0.4 is 9.64 Å². The topological polar surface area (TPSA) is 99.6 Å². The van der Waals surface area contributed by atoms with Crippen molar-refractivity contribution in [2.24, 2.45) is 11.8 Å². The van der Waals surface area contributed by atoms with E-state index in [4.69, 9.17) is 9.47 Å². The Bertz CT molecular complexity index is 1460. The lowest BCUT2D eigenvalue weighted by Crippen LogP contribution is -2.60. The Morgan fingerprint density at radius 3 is 2.33 bits per heavy atom. The van der Waals surface area contributed by atoms with Crippen LogP contribution in [0.25, 0.3) is 0 Å². The molecule has 3 saturated heterocycles. The Morgan fingerprint density at radius 2 is 1.76 bits per heavy atom. The average Bonchev–Trinajstić information content (AvgIpc) is 3.62. The van der Waals surface area contributed by atoms with Gasteiger partial charge in [0.05, 0.1) is 37.2 Å². The van der Waals surface area contributed by atoms with Crippen molar-refractivity contribution in [2.45, 2.75) is 68.3 Å². The molecule has 3 fully saturated rings. The molecule has 1 spiro atoms. The van der Waals surface area contributed by atoms with Crippen LogP contribution >= 0.6 is 15.9 Å². The summed E-state index contributed by atoms with van der Waals surface area (Å²) in [6, 6.07) is 14.5. The number of halogens is 1. The van der Waals surface area contributed by atoms with Gasteiger partial charge in [-0.2, -0.15) is 0 Å². The number of hydrogen-bond donors (Lipinski definition) is 1. The second-order valence-corrected chi connectivity index (χ2v) is 14.3. The molecule has 246 valence electrons. The molecule has 10 heteroatoms. The molecular weight excluding hydrogens is 650 g/mol. The van der Waals surface area contributed by atoms with Gasteiger partial charge >= 0.3 is 0 Å². The minimum Gasteiger partial charge on any atom is -0.494 e. The zero-order valence-electron chi connectivity index (χ0n) is 27.0. The van der Waals surface area contributed by atoms with Gasteiger partial charge in [-0.1, -0.05) is 58.4 Å². The maximum Gasteiger partial charge on any atom is 0.249 e. The molecule has 7 atom stereocenters. The average molecular weight is 695 g/mol. The molecule has 0 aliphatic carbocycles. The van der Waals surface area contributed by atoms with Gasteiger partial charge in [-0.25, -0.2) is 0 Å². The first-order chi connectivity index (χ1) is 21.9. The zero-order chi connectivity index (χ0) is 33.4. The molecule has 0 aromatic heterocycles. The molecule has 1 N–H and O–H groups in total. The number of benzene rings is 2. The van der Waals surface area contributed by atoms with Crippen molar-refractivity contribution in [1.82, 2.24) is 9.80 Å². The highest BCUT2D eigenvalue weighted by atomic mass is 79.9. The standard InChI is InChI=1S/C36H44BrN3O6/c1-7-19-38(24-15-17-25(18-16-24)45-9-3)32(42)28-29-33(43)40(27(22-41)23-13-11-10-12-14-23)31(36(29)21-26(37)30(28)46-36)34(44)39(20-8-2)35(4,5)6/h7-8,10-18,26-31,41H,1-2,9,19-22H2,3-6H3/t26?,27-,28+,29+,30+,31?,36?/m1/s1. The highest BCUT2D eigenvalue weighted by Crippen LogP contribution is 2.61. The monoisotopic (exact) mass is 693 g/mol. The molecule has 5 rings (SSSR count). The molecule has 3 amide bonds. The number of anilines is 1. The van der Waals surface area contributed by atoms with E-state index in [2.05, 4.69) is 29.1 Å². The number of carbonyl (C=O) groups excluding carboxylic acids is 3. The summed E-state index contributed by atoms with van der Waals surface area (Å²) in [7, 11) is 0. The largest absolute Gasteiger partial charge is 0.494 e. The van der Waals surface area contributed by atoms with Crippen molar-refractivity contribution in [3.63, 3.8) is 0 Å². The number of likely N-dealkylation sites (tertiary alicyclic amines) is 1. The summed E-state index contributed by atoms with van der Waals surface area (Å²) in [5.41, 5.74) is -0.578. The SMILES string of the molecule is C=CCN(C(=O)[C@H]1[C@H]2C(=O)N([C@H](CO)c3ccccc3)C(C(=O)N(CC=C)C(C)(C)C)C23CC(Br)[C@@H]1O3)c1ccc(OCC)cc1. The number of carbonyl (C=O) groups is 3. The van der Waals surface area contributed by atoms with E-state index in [1.54, 1.807) is 34.1 Å². The van der Waals surface area contributed by atoms with Gasteiger partial charge in [0.1, 0.15) is 17.4 Å². The van der Waals surface area contributed by atoms with Gasteiger partial charge in [-0.15, -0.1) is 13.2 Å². The number of nitrogens with zero attached hydrogens (tertiary/aromatic N) is 3. The Morgan fingerprint density at radius 1 is 1.11 bits per heavy atom. The molecule has 46 heavy (non-hydrogen) atoms. The summed E-state index contributed by atoms with van der Waals surface area (Å²) in [5.74, 6) is -2.10. The van der Waals surface area contributed by atoms with E-state index < -0.39 is 47.8 Å². The first-order valence-electron chi connectivity index (χ1n) is 15.8. The molecule has 3 heterocycles. The van der Waals surface area contributed by atoms with E-state index in [9.17, 15) is 19.5 Å². The minimum absolute atomic E-state index is 0.212. The number of fused-ring (bicyclic) bond motifs is 1. The zero-order valence-corrected chi connectivity index (χ0v) is 28.6. The Labute approximate surface area is 280 Å². The number of ether oxygens (including phenoxy) is 2. The van der Waals surface area contributed by atoms with Gasteiger partial charge in [0.15, 0.2) is 0 Å². The fraction of sp³-hybridized carbons (Fsp3) is 0.472. The lowest BCUT2D eigenvalue weighted by Gasteiger charge is -2.43. The Balaban J connectivity index is 1.63. The maximum atomic E-state index is 14.9. The molecule has 2 aromatic rings. The van der Waals surface area contributed by atoms with Crippen LogP contribution in [0.1, 0.15) is 45.7 Å². The maximum absolute atomic E-state index is 14.9. The smallest absolute Gasteiger partial charge is 0.249 e. The van der Waals surface area contributed by atoms with E-state index in [0.717, 1.165) is 0 Å². The summed E-state index contributed by atoms with van der Waals surface area (Å²) < 4.78 is 12.4. The normalized spacial score (nSPS) is 27.2. The first kappa shape index (κ1) is 33.9. The van der Waals surface area contributed by atoms with Gasteiger partial charge in [-0.05, 0) is 63.9 Å². The molecule has 2 bridgehead atoms. The summed E-state index contributed by atoms with van der Waals surface area (Å²) in [6.07, 6.45) is 3.03. The Kier molecular flexibility index (Phi) is 9.82.